The van der Waals surface area contributed by atoms with Crippen molar-refractivity contribution in [3.05, 3.63) is 75.7 Å². The van der Waals surface area contributed by atoms with Crippen molar-refractivity contribution in [3.8, 4) is 11.9 Å². The third kappa shape index (κ3) is 4.78. The fourth-order valence-corrected chi connectivity index (χ4v) is 5.16. The predicted octanol–water partition coefficient (Wildman–Crippen LogP) is 3.14. The Morgan fingerprint density at radius 1 is 1.32 bits per heavy atom. The second-order valence-electron chi connectivity index (χ2n) is 9.47. The van der Waals surface area contributed by atoms with E-state index in [0.29, 0.717) is 36.5 Å². The molecule has 4 heterocycles. The topological polar surface area (TPSA) is 122 Å². The predicted molar refractivity (Wildman–Crippen MR) is 133 cm³/mol. The Balaban J connectivity index is 1.37. The highest BCUT2D eigenvalue weighted by Gasteiger charge is 2.36. The largest absolute Gasteiger partial charge is 0.457 e. The number of nitrogens with zero attached hydrogens (tertiary/aromatic N) is 5. The average molecular weight is 501 g/mol. The van der Waals surface area contributed by atoms with Gasteiger partial charge in [-0.25, -0.2) is 19.3 Å². The zero-order valence-corrected chi connectivity index (χ0v) is 21.0. The smallest absolute Gasteiger partial charge is 0.407 e. The van der Waals surface area contributed by atoms with Gasteiger partial charge in [0.25, 0.3) is 0 Å². The zero-order valence-electron chi connectivity index (χ0n) is 21.0. The van der Waals surface area contributed by atoms with E-state index in [9.17, 15) is 9.59 Å². The van der Waals surface area contributed by atoms with Crippen molar-refractivity contribution >= 4 is 12.1 Å². The summed E-state index contributed by atoms with van der Waals surface area (Å²) in [5.74, 6) is 0.297. The Morgan fingerprint density at radius 2 is 2.16 bits per heavy atom. The van der Waals surface area contributed by atoms with E-state index in [1.165, 1.54) is 0 Å². The number of carbonyl (C=O) groups is 2. The van der Waals surface area contributed by atoms with E-state index in [1.807, 2.05) is 44.4 Å². The number of hydrogen-bond donors (Lipinski definition) is 1. The van der Waals surface area contributed by atoms with Gasteiger partial charge in [-0.05, 0) is 49.1 Å². The van der Waals surface area contributed by atoms with Gasteiger partial charge in [-0.3, -0.25) is 4.90 Å². The lowest BCUT2D eigenvalue weighted by molar-refractivity contribution is 0.0327. The lowest BCUT2D eigenvalue weighted by Crippen LogP contribution is -2.44. The number of aromatic nitrogens is 3. The van der Waals surface area contributed by atoms with Gasteiger partial charge in [0.15, 0.2) is 5.82 Å². The molecule has 2 aliphatic rings. The minimum atomic E-state index is -0.452. The van der Waals surface area contributed by atoms with E-state index >= 15 is 0 Å². The molecule has 1 fully saturated rings. The van der Waals surface area contributed by atoms with Crippen molar-refractivity contribution in [2.24, 2.45) is 0 Å². The van der Waals surface area contributed by atoms with Crippen molar-refractivity contribution in [2.75, 3.05) is 20.1 Å². The number of aryl methyl sites for hydroxylation is 1. The highest BCUT2D eigenvalue weighted by molar-refractivity contribution is 5.94. The van der Waals surface area contributed by atoms with Crippen LogP contribution < -0.4 is 5.32 Å². The number of alkyl carbamates (subject to hydrolysis) is 1. The number of fused-ring (bicyclic) bond motifs is 1. The Morgan fingerprint density at radius 3 is 2.92 bits per heavy atom. The quantitative estimate of drug-likeness (QED) is 0.530. The van der Waals surface area contributed by atoms with Gasteiger partial charge in [0, 0.05) is 56.1 Å². The molecule has 10 heteroatoms. The van der Waals surface area contributed by atoms with Crippen molar-refractivity contribution in [1.29, 1.82) is 5.26 Å². The first-order valence-electron chi connectivity index (χ1n) is 12.2. The molecule has 1 saturated heterocycles. The zero-order chi connectivity index (χ0) is 26.1. The highest BCUT2D eigenvalue weighted by Crippen LogP contribution is 2.36. The van der Waals surface area contributed by atoms with Gasteiger partial charge in [0.05, 0.1) is 17.3 Å². The minimum Gasteiger partial charge on any atom is -0.457 e. The van der Waals surface area contributed by atoms with Crippen LogP contribution in [0.2, 0.25) is 0 Å². The van der Waals surface area contributed by atoms with Gasteiger partial charge in [-0.1, -0.05) is 6.07 Å². The van der Waals surface area contributed by atoms with Gasteiger partial charge < -0.3 is 14.8 Å². The molecule has 0 radical (unpaired) electrons. The average Bonchev–Trinajstić information content (AvgIpc) is 3.52. The first-order chi connectivity index (χ1) is 17.9. The molecule has 2 unspecified atom stereocenters. The number of amides is 1. The van der Waals surface area contributed by atoms with Crippen LogP contribution in [0.25, 0.3) is 5.82 Å². The number of ether oxygens (including phenoxy) is 2. The molecule has 190 valence electrons. The van der Waals surface area contributed by atoms with E-state index in [1.54, 1.807) is 17.9 Å². The second kappa shape index (κ2) is 10.0. The summed E-state index contributed by atoms with van der Waals surface area (Å²) in [5.41, 5.74) is 6.00. The van der Waals surface area contributed by atoms with Gasteiger partial charge in [-0.15, -0.1) is 0 Å². The summed E-state index contributed by atoms with van der Waals surface area (Å²) in [6.45, 7) is 6.25. The van der Waals surface area contributed by atoms with Crippen LogP contribution in [0.5, 0.6) is 0 Å². The molecule has 37 heavy (non-hydrogen) atoms. The van der Waals surface area contributed by atoms with Crippen LogP contribution in [0.15, 0.2) is 36.8 Å². The molecule has 1 aromatic carbocycles. The van der Waals surface area contributed by atoms with Crippen LogP contribution in [0, 0.1) is 25.2 Å². The number of benzene rings is 1. The van der Waals surface area contributed by atoms with E-state index < -0.39 is 6.09 Å². The van der Waals surface area contributed by atoms with E-state index in [0.717, 1.165) is 34.4 Å². The normalized spacial score (nSPS) is 19.1. The summed E-state index contributed by atoms with van der Waals surface area (Å²) in [6.07, 6.45) is 5.26. The molecule has 3 aromatic rings. The molecular formula is C27H28N6O4. The third-order valence-corrected chi connectivity index (χ3v) is 7.20. The number of hydrogen-bond acceptors (Lipinski definition) is 8. The molecule has 0 aliphatic carbocycles. The molecular weight excluding hydrogens is 472 g/mol. The fourth-order valence-electron chi connectivity index (χ4n) is 5.16. The fraction of sp³-hybridized carbons (Fsp3) is 0.370. The number of esters is 1. The molecule has 1 amide bonds. The molecule has 2 aliphatic heterocycles. The molecule has 0 bridgehead atoms. The highest BCUT2D eigenvalue weighted by atomic mass is 16.6. The molecule has 1 N–H and O–H groups in total. The standard InChI is InChI=1S/C27H28N6O4/c1-16-8-25(30-11-19(16)9-28)33-13-18(10-31-33)12-32-7-6-24(37-27(35)29-3)22(14-32)20-4-5-21-23(17(20)2)15-36-26(21)34/h4-5,8,10-11,13,22,24H,6-7,12,14-15H2,1-3H3,(H,29,35). The number of pyridine rings is 1. The summed E-state index contributed by atoms with van der Waals surface area (Å²) in [6, 6.07) is 7.76. The number of cyclic esters (lactones) is 1. The molecule has 2 atom stereocenters. The molecule has 0 saturated carbocycles. The Bertz CT molecular complexity index is 1410. The van der Waals surface area contributed by atoms with Crippen LogP contribution in [0.3, 0.4) is 0 Å². The van der Waals surface area contributed by atoms with Gasteiger partial charge in [-0.2, -0.15) is 10.4 Å². The van der Waals surface area contributed by atoms with Gasteiger partial charge in [0.2, 0.25) is 0 Å². The van der Waals surface area contributed by atoms with Gasteiger partial charge >= 0.3 is 12.1 Å². The van der Waals surface area contributed by atoms with Gasteiger partial charge in [0.1, 0.15) is 18.8 Å². The van der Waals surface area contributed by atoms with Crippen molar-refractivity contribution in [1.82, 2.24) is 25.0 Å². The number of nitrogens with one attached hydrogen (secondary N) is 1. The summed E-state index contributed by atoms with van der Waals surface area (Å²) in [7, 11) is 1.55. The summed E-state index contributed by atoms with van der Waals surface area (Å²) in [5, 5.41) is 16.2. The molecule has 2 aromatic heterocycles. The summed E-state index contributed by atoms with van der Waals surface area (Å²) in [4.78, 5) is 30.8. The van der Waals surface area contributed by atoms with Crippen LogP contribution in [-0.2, 0) is 22.6 Å². The van der Waals surface area contributed by atoms with Crippen LogP contribution in [0.1, 0.15) is 56.1 Å². The third-order valence-electron chi connectivity index (χ3n) is 7.20. The Labute approximate surface area is 214 Å². The monoisotopic (exact) mass is 500 g/mol. The SMILES string of the molecule is CNC(=O)OC1CCN(Cc2cnn(-c3cc(C)c(C#N)cn3)c2)CC1c1ccc2c(c1C)COC2=O. The summed E-state index contributed by atoms with van der Waals surface area (Å²) >= 11 is 0. The van der Waals surface area contributed by atoms with Crippen LogP contribution in [-0.4, -0.2) is 58.0 Å². The number of piperidine rings is 1. The van der Waals surface area contributed by atoms with E-state index in [-0.39, 0.29) is 24.6 Å². The summed E-state index contributed by atoms with van der Waals surface area (Å²) < 4.78 is 12.7. The first kappa shape index (κ1) is 24.5. The maximum atomic E-state index is 12.1. The maximum Gasteiger partial charge on any atom is 0.407 e. The van der Waals surface area contributed by atoms with Crippen molar-refractivity contribution in [3.63, 3.8) is 0 Å². The number of rotatable bonds is 5. The first-order valence-corrected chi connectivity index (χ1v) is 12.2. The van der Waals surface area contributed by atoms with Crippen molar-refractivity contribution < 1.29 is 19.1 Å². The number of likely N-dealkylation sites (tertiary alicyclic amines) is 1. The lowest BCUT2D eigenvalue weighted by Gasteiger charge is -2.38. The van der Waals surface area contributed by atoms with Crippen molar-refractivity contribution in [2.45, 2.75) is 45.4 Å². The Kier molecular flexibility index (Phi) is 6.63. The molecule has 5 rings (SSSR count). The molecule has 0 spiro atoms. The van der Waals surface area contributed by atoms with E-state index in [4.69, 9.17) is 14.7 Å². The van der Waals surface area contributed by atoms with Crippen LogP contribution in [0.4, 0.5) is 4.79 Å². The second-order valence-corrected chi connectivity index (χ2v) is 9.47. The van der Waals surface area contributed by atoms with E-state index in [2.05, 4.69) is 26.4 Å². The maximum absolute atomic E-state index is 12.1. The number of carbonyl (C=O) groups excluding carboxylic acids is 2. The number of nitriles is 1. The minimum absolute atomic E-state index is 0.0649. The van der Waals surface area contributed by atoms with Crippen LogP contribution >= 0.6 is 0 Å². The Hall–Kier alpha value is -4.23. The molecule has 10 nitrogen and oxygen atoms in total. The lowest BCUT2D eigenvalue weighted by atomic mass is 9.83.